The van der Waals surface area contributed by atoms with Crippen molar-refractivity contribution in [2.24, 2.45) is 0 Å². The number of piperazine rings is 1. The van der Waals surface area contributed by atoms with Gasteiger partial charge in [-0.05, 0) is 12.1 Å². The number of halogens is 1. The van der Waals surface area contributed by atoms with Gasteiger partial charge in [0.15, 0.2) is 0 Å². The molecule has 2 heterocycles. The van der Waals surface area contributed by atoms with E-state index < -0.39 is 0 Å². The normalized spacial score (nSPS) is 17.1. The minimum atomic E-state index is -0.313. The highest BCUT2D eigenvalue weighted by atomic mass is 19.1. The van der Waals surface area contributed by atoms with Crippen molar-refractivity contribution in [3.05, 3.63) is 24.1 Å². The lowest BCUT2D eigenvalue weighted by molar-refractivity contribution is 0.286. The molecule has 1 saturated heterocycles. The van der Waals surface area contributed by atoms with Gasteiger partial charge in [0, 0.05) is 26.2 Å². The zero-order valence-electron chi connectivity index (χ0n) is 8.93. The summed E-state index contributed by atoms with van der Waals surface area (Å²) in [6, 6.07) is 5.25. The number of nitrogens with zero attached hydrogens (tertiary/aromatic N) is 4. The summed E-state index contributed by atoms with van der Waals surface area (Å²) in [5.41, 5.74) is 0. The largest absolute Gasteiger partial charge is 0.354 e. The summed E-state index contributed by atoms with van der Waals surface area (Å²) >= 11 is 0. The van der Waals surface area contributed by atoms with Crippen molar-refractivity contribution >= 4 is 5.82 Å². The lowest BCUT2D eigenvalue weighted by Crippen LogP contribution is -2.46. The minimum absolute atomic E-state index is 0.313. The molecule has 1 aromatic heterocycles. The molecular formula is C11H13FN4. The fourth-order valence-electron chi connectivity index (χ4n) is 1.79. The van der Waals surface area contributed by atoms with E-state index in [0.717, 1.165) is 32.0 Å². The highest BCUT2D eigenvalue weighted by Gasteiger charge is 2.17. The van der Waals surface area contributed by atoms with Crippen LogP contribution in [0.5, 0.6) is 0 Å². The second kappa shape index (κ2) is 4.90. The maximum Gasteiger partial charge on any atom is 0.141 e. The fraction of sp³-hybridized carbons (Fsp3) is 0.455. The number of hydrogen-bond donors (Lipinski definition) is 0. The standard InChI is InChI=1S/C11H13FN4/c12-10-1-2-11(14-9-10)16-7-5-15(4-3-13)6-8-16/h1-2,9H,4-8H2. The van der Waals surface area contributed by atoms with E-state index in [1.807, 2.05) is 0 Å². The van der Waals surface area contributed by atoms with E-state index in [4.69, 9.17) is 5.26 Å². The lowest BCUT2D eigenvalue weighted by Gasteiger charge is -2.34. The molecule has 5 heteroatoms. The number of aromatic nitrogens is 1. The van der Waals surface area contributed by atoms with Crippen molar-refractivity contribution in [1.29, 1.82) is 5.26 Å². The molecule has 0 aliphatic carbocycles. The third kappa shape index (κ3) is 2.47. The molecule has 0 atom stereocenters. The molecule has 0 unspecified atom stereocenters. The van der Waals surface area contributed by atoms with Gasteiger partial charge in [-0.3, -0.25) is 4.90 Å². The molecule has 0 radical (unpaired) electrons. The summed E-state index contributed by atoms with van der Waals surface area (Å²) in [4.78, 5) is 8.24. The first-order valence-corrected chi connectivity index (χ1v) is 5.25. The first-order chi connectivity index (χ1) is 7.79. The Balaban J connectivity index is 1.94. The average Bonchev–Trinajstić information content (AvgIpc) is 2.32. The molecule has 0 aromatic carbocycles. The Labute approximate surface area is 93.9 Å². The van der Waals surface area contributed by atoms with E-state index in [-0.39, 0.29) is 5.82 Å². The molecule has 1 aliphatic heterocycles. The van der Waals surface area contributed by atoms with Gasteiger partial charge in [-0.15, -0.1) is 0 Å². The predicted octanol–water partition coefficient (Wildman–Crippen LogP) is 0.866. The van der Waals surface area contributed by atoms with Crippen molar-refractivity contribution in [3.8, 4) is 6.07 Å². The molecule has 0 saturated carbocycles. The maximum atomic E-state index is 12.7. The average molecular weight is 220 g/mol. The van der Waals surface area contributed by atoms with Gasteiger partial charge in [0.2, 0.25) is 0 Å². The van der Waals surface area contributed by atoms with Crippen molar-refractivity contribution in [2.45, 2.75) is 0 Å². The minimum Gasteiger partial charge on any atom is -0.354 e. The first-order valence-electron chi connectivity index (χ1n) is 5.25. The Morgan fingerprint density at radius 1 is 1.31 bits per heavy atom. The molecule has 1 aromatic rings. The van der Waals surface area contributed by atoms with E-state index in [1.54, 1.807) is 6.07 Å². The first kappa shape index (κ1) is 10.8. The zero-order valence-corrected chi connectivity index (χ0v) is 8.93. The molecule has 0 spiro atoms. The fourth-order valence-corrected chi connectivity index (χ4v) is 1.79. The summed E-state index contributed by atoms with van der Waals surface area (Å²) in [7, 11) is 0. The number of nitriles is 1. The van der Waals surface area contributed by atoms with Crippen molar-refractivity contribution in [1.82, 2.24) is 9.88 Å². The quantitative estimate of drug-likeness (QED) is 0.693. The molecule has 0 bridgehead atoms. The van der Waals surface area contributed by atoms with E-state index >= 15 is 0 Å². The topological polar surface area (TPSA) is 43.2 Å². The van der Waals surface area contributed by atoms with Crippen LogP contribution in [-0.4, -0.2) is 42.6 Å². The Bertz CT molecular complexity index is 376. The predicted molar refractivity (Wildman–Crippen MR) is 58.5 cm³/mol. The van der Waals surface area contributed by atoms with Gasteiger partial charge < -0.3 is 4.90 Å². The smallest absolute Gasteiger partial charge is 0.141 e. The van der Waals surface area contributed by atoms with Crippen LogP contribution >= 0.6 is 0 Å². The molecule has 2 rings (SSSR count). The van der Waals surface area contributed by atoms with Crippen molar-refractivity contribution < 1.29 is 4.39 Å². The Morgan fingerprint density at radius 3 is 2.62 bits per heavy atom. The van der Waals surface area contributed by atoms with Crippen molar-refractivity contribution in [3.63, 3.8) is 0 Å². The van der Waals surface area contributed by atoms with Crippen LogP contribution in [0.2, 0.25) is 0 Å². The molecule has 1 fully saturated rings. The third-order valence-electron chi connectivity index (χ3n) is 2.70. The van der Waals surface area contributed by atoms with Crippen LogP contribution in [0, 0.1) is 17.1 Å². The Hall–Kier alpha value is -1.67. The number of rotatable bonds is 2. The molecule has 1 aliphatic rings. The van der Waals surface area contributed by atoms with Crippen LogP contribution in [0.25, 0.3) is 0 Å². The second-order valence-corrected chi connectivity index (χ2v) is 3.76. The molecular weight excluding hydrogens is 207 g/mol. The summed E-state index contributed by atoms with van der Waals surface area (Å²) in [6.45, 7) is 3.85. The molecule has 0 N–H and O–H groups in total. The third-order valence-corrected chi connectivity index (χ3v) is 2.70. The summed E-state index contributed by atoms with van der Waals surface area (Å²) in [5, 5.41) is 8.57. The molecule has 84 valence electrons. The summed E-state index contributed by atoms with van der Waals surface area (Å²) in [6.07, 6.45) is 1.23. The monoisotopic (exact) mass is 220 g/mol. The Kier molecular flexibility index (Phi) is 3.32. The molecule has 16 heavy (non-hydrogen) atoms. The van der Waals surface area contributed by atoms with Gasteiger partial charge in [0.05, 0.1) is 18.8 Å². The highest BCUT2D eigenvalue weighted by molar-refractivity contribution is 5.38. The van der Waals surface area contributed by atoms with Gasteiger partial charge in [-0.1, -0.05) is 0 Å². The van der Waals surface area contributed by atoms with Gasteiger partial charge in [-0.25, -0.2) is 9.37 Å². The van der Waals surface area contributed by atoms with Gasteiger partial charge in [-0.2, -0.15) is 5.26 Å². The van der Waals surface area contributed by atoms with Crippen molar-refractivity contribution in [2.75, 3.05) is 37.6 Å². The van der Waals surface area contributed by atoms with Gasteiger partial charge in [0.1, 0.15) is 11.6 Å². The van der Waals surface area contributed by atoms with E-state index in [2.05, 4.69) is 20.9 Å². The number of hydrogen-bond acceptors (Lipinski definition) is 4. The van der Waals surface area contributed by atoms with Crippen LogP contribution in [0.3, 0.4) is 0 Å². The van der Waals surface area contributed by atoms with E-state index in [1.165, 1.54) is 12.3 Å². The van der Waals surface area contributed by atoms with E-state index in [0.29, 0.717) is 6.54 Å². The highest BCUT2D eigenvalue weighted by Crippen LogP contribution is 2.13. The van der Waals surface area contributed by atoms with E-state index in [9.17, 15) is 4.39 Å². The molecule has 0 amide bonds. The van der Waals surface area contributed by atoms with Crippen LogP contribution < -0.4 is 4.90 Å². The SMILES string of the molecule is N#CCN1CCN(c2ccc(F)cn2)CC1. The van der Waals surface area contributed by atoms with Crippen LogP contribution in [0.1, 0.15) is 0 Å². The number of pyridine rings is 1. The van der Waals surface area contributed by atoms with Crippen LogP contribution in [-0.2, 0) is 0 Å². The lowest BCUT2D eigenvalue weighted by atomic mass is 10.3. The van der Waals surface area contributed by atoms with Crippen LogP contribution in [0.4, 0.5) is 10.2 Å². The Morgan fingerprint density at radius 2 is 2.06 bits per heavy atom. The molecule has 4 nitrogen and oxygen atoms in total. The second-order valence-electron chi connectivity index (χ2n) is 3.76. The number of anilines is 1. The van der Waals surface area contributed by atoms with Crippen LogP contribution in [0.15, 0.2) is 18.3 Å². The summed E-state index contributed by atoms with van der Waals surface area (Å²) in [5.74, 6) is 0.491. The maximum absolute atomic E-state index is 12.7. The van der Waals surface area contributed by atoms with Gasteiger partial charge in [0.25, 0.3) is 0 Å². The zero-order chi connectivity index (χ0) is 11.4. The summed E-state index contributed by atoms with van der Waals surface area (Å²) < 4.78 is 12.7. The van der Waals surface area contributed by atoms with Gasteiger partial charge >= 0.3 is 0 Å².